The Labute approximate surface area is 156 Å². The summed E-state index contributed by atoms with van der Waals surface area (Å²) in [6, 6.07) is 5.64. The highest BCUT2D eigenvalue weighted by molar-refractivity contribution is 5.95. The summed E-state index contributed by atoms with van der Waals surface area (Å²) in [7, 11) is 3.19. The summed E-state index contributed by atoms with van der Waals surface area (Å²) >= 11 is 0. The molecule has 2 aliphatic rings. The molecule has 0 aliphatic carbocycles. The number of ether oxygens (including phenoxy) is 3. The van der Waals surface area contributed by atoms with E-state index in [0.29, 0.717) is 17.1 Å². The van der Waals surface area contributed by atoms with Gasteiger partial charge in [-0.05, 0) is 44.9 Å². The number of carbonyl (C=O) groups is 1. The highest BCUT2D eigenvalue weighted by Crippen LogP contribution is 2.29. The van der Waals surface area contributed by atoms with Gasteiger partial charge in [-0.25, -0.2) is 0 Å². The van der Waals surface area contributed by atoms with Gasteiger partial charge in [-0.15, -0.1) is 0 Å². The Balaban J connectivity index is 1.70. The van der Waals surface area contributed by atoms with Crippen molar-refractivity contribution in [3.8, 4) is 11.5 Å². The molecule has 2 fully saturated rings. The number of amides is 1. The van der Waals surface area contributed by atoms with Gasteiger partial charge in [-0.2, -0.15) is 0 Å². The highest BCUT2D eigenvalue weighted by atomic mass is 16.5. The van der Waals surface area contributed by atoms with Gasteiger partial charge in [0.2, 0.25) is 0 Å². The van der Waals surface area contributed by atoms with Crippen LogP contribution in [-0.2, 0) is 4.74 Å². The predicted molar refractivity (Wildman–Crippen MR) is 100 cm³/mol. The summed E-state index contributed by atoms with van der Waals surface area (Å²) < 4.78 is 16.4. The molecule has 3 rings (SSSR count). The second-order valence-electron chi connectivity index (χ2n) is 7.34. The van der Waals surface area contributed by atoms with Crippen molar-refractivity contribution in [2.45, 2.75) is 44.9 Å². The number of morpholine rings is 1. The van der Waals surface area contributed by atoms with Gasteiger partial charge in [0.15, 0.2) is 11.5 Å². The number of benzene rings is 1. The van der Waals surface area contributed by atoms with Crippen LogP contribution >= 0.6 is 0 Å². The lowest BCUT2D eigenvalue weighted by atomic mass is 10.1. The molecule has 1 amide bonds. The van der Waals surface area contributed by atoms with E-state index in [1.807, 2.05) is 11.0 Å². The first-order valence-corrected chi connectivity index (χ1v) is 9.42. The van der Waals surface area contributed by atoms with Crippen LogP contribution in [0.4, 0.5) is 0 Å². The number of nitrogens with zero attached hydrogens (tertiary/aromatic N) is 2. The Hall–Kier alpha value is -1.79. The first-order valence-electron chi connectivity index (χ1n) is 9.42. The van der Waals surface area contributed by atoms with E-state index in [1.54, 1.807) is 26.4 Å². The van der Waals surface area contributed by atoms with Crippen molar-refractivity contribution in [1.29, 1.82) is 0 Å². The molecule has 0 aromatic heterocycles. The van der Waals surface area contributed by atoms with Crippen LogP contribution in [0.25, 0.3) is 0 Å². The lowest BCUT2D eigenvalue weighted by Crippen LogP contribution is -2.50. The van der Waals surface area contributed by atoms with Crippen molar-refractivity contribution in [1.82, 2.24) is 9.80 Å². The third-order valence-corrected chi connectivity index (χ3v) is 5.23. The quantitative estimate of drug-likeness (QED) is 0.805. The summed E-state index contributed by atoms with van der Waals surface area (Å²) in [5, 5.41) is 0. The van der Waals surface area contributed by atoms with Crippen LogP contribution in [0, 0.1) is 0 Å². The maximum absolute atomic E-state index is 13.1. The van der Waals surface area contributed by atoms with E-state index in [4.69, 9.17) is 14.2 Å². The van der Waals surface area contributed by atoms with E-state index in [0.717, 1.165) is 39.0 Å². The largest absolute Gasteiger partial charge is 0.493 e. The second kappa shape index (κ2) is 8.27. The SMILES string of the molecule is COc1ccc(C(=O)N2CCC[C@@H]2CN2C[C@@H](C)O[C@H](C)C2)cc1OC. The fraction of sp³-hybridized carbons (Fsp3) is 0.650. The van der Waals surface area contributed by atoms with Gasteiger partial charge in [-0.3, -0.25) is 9.69 Å². The molecule has 2 aliphatic heterocycles. The van der Waals surface area contributed by atoms with E-state index in [9.17, 15) is 4.79 Å². The van der Waals surface area contributed by atoms with Crippen LogP contribution in [-0.4, -0.2) is 74.4 Å². The number of hydrogen-bond donors (Lipinski definition) is 0. The fourth-order valence-electron chi connectivity index (χ4n) is 4.16. The number of rotatable bonds is 5. The molecule has 1 aromatic carbocycles. The molecule has 144 valence electrons. The van der Waals surface area contributed by atoms with Crippen LogP contribution < -0.4 is 9.47 Å². The Morgan fingerprint density at radius 2 is 1.85 bits per heavy atom. The molecule has 3 atom stereocenters. The predicted octanol–water partition coefficient (Wildman–Crippen LogP) is 2.42. The number of carbonyl (C=O) groups excluding carboxylic acids is 1. The topological polar surface area (TPSA) is 51.2 Å². The van der Waals surface area contributed by atoms with Crippen molar-refractivity contribution in [3.05, 3.63) is 23.8 Å². The molecule has 2 saturated heterocycles. The summed E-state index contributed by atoms with van der Waals surface area (Å²) in [4.78, 5) is 17.5. The van der Waals surface area contributed by atoms with Gasteiger partial charge in [-0.1, -0.05) is 0 Å². The zero-order chi connectivity index (χ0) is 18.7. The van der Waals surface area contributed by atoms with Crippen molar-refractivity contribution >= 4 is 5.91 Å². The first kappa shape index (κ1) is 19.0. The van der Waals surface area contributed by atoms with Crippen LogP contribution in [0.15, 0.2) is 18.2 Å². The molecule has 0 N–H and O–H groups in total. The van der Waals surface area contributed by atoms with Crippen molar-refractivity contribution < 1.29 is 19.0 Å². The van der Waals surface area contributed by atoms with Gasteiger partial charge >= 0.3 is 0 Å². The molecule has 6 heteroatoms. The molecule has 0 unspecified atom stereocenters. The molecular formula is C20H30N2O4. The summed E-state index contributed by atoms with van der Waals surface area (Å²) in [6.45, 7) is 7.82. The van der Waals surface area contributed by atoms with Crippen LogP contribution in [0.1, 0.15) is 37.0 Å². The summed E-state index contributed by atoms with van der Waals surface area (Å²) in [5.41, 5.74) is 0.651. The number of methoxy groups -OCH3 is 2. The Morgan fingerprint density at radius 1 is 1.15 bits per heavy atom. The molecule has 0 spiro atoms. The minimum atomic E-state index is 0.0720. The first-order chi connectivity index (χ1) is 12.5. The number of likely N-dealkylation sites (tertiary alicyclic amines) is 1. The van der Waals surface area contributed by atoms with Crippen LogP contribution in [0.3, 0.4) is 0 Å². The zero-order valence-electron chi connectivity index (χ0n) is 16.2. The average Bonchev–Trinajstić information content (AvgIpc) is 3.07. The van der Waals surface area contributed by atoms with Gasteiger partial charge in [0.05, 0.1) is 26.4 Å². The molecule has 6 nitrogen and oxygen atoms in total. The normalized spacial score (nSPS) is 26.8. The van der Waals surface area contributed by atoms with Crippen molar-refractivity contribution in [2.75, 3.05) is 40.4 Å². The molecular weight excluding hydrogens is 332 g/mol. The van der Waals surface area contributed by atoms with Gasteiger partial charge in [0.25, 0.3) is 5.91 Å². The molecule has 2 heterocycles. The van der Waals surface area contributed by atoms with Crippen molar-refractivity contribution in [3.63, 3.8) is 0 Å². The van der Waals surface area contributed by atoms with Gasteiger partial charge in [0.1, 0.15) is 0 Å². The van der Waals surface area contributed by atoms with E-state index >= 15 is 0 Å². The Morgan fingerprint density at radius 3 is 2.50 bits per heavy atom. The van der Waals surface area contributed by atoms with Gasteiger partial charge < -0.3 is 19.1 Å². The third kappa shape index (κ3) is 4.13. The summed E-state index contributed by atoms with van der Waals surface area (Å²) in [6.07, 6.45) is 2.60. The van der Waals surface area contributed by atoms with Crippen LogP contribution in [0.2, 0.25) is 0 Å². The maximum Gasteiger partial charge on any atom is 0.254 e. The maximum atomic E-state index is 13.1. The smallest absolute Gasteiger partial charge is 0.254 e. The molecule has 0 radical (unpaired) electrons. The minimum Gasteiger partial charge on any atom is -0.493 e. The lowest BCUT2D eigenvalue weighted by Gasteiger charge is -2.38. The number of hydrogen-bond acceptors (Lipinski definition) is 5. The standard InChI is InChI=1S/C20H30N2O4/c1-14-11-21(12-15(2)26-14)13-17-6-5-9-22(17)20(23)16-7-8-18(24-3)19(10-16)25-4/h7-8,10,14-15,17H,5-6,9,11-13H2,1-4H3/t14-,15-,17-/m1/s1. The van der Waals surface area contributed by atoms with E-state index in [-0.39, 0.29) is 24.2 Å². The summed E-state index contributed by atoms with van der Waals surface area (Å²) in [5.74, 6) is 1.30. The zero-order valence-corrected chi connectivity index (χ0v) is 16.2. The molecule has 0 saturated carbocycles. The van der Waals surface area contributed by atoms with E-state index in [1.165, 1.54) is 0 Å². The highest BCUT2D eigenvalue weighted by Gasteiger charge is 2.33. The van der Waals surface area contributed by atoms with Crippen LogP contribution in [0.5, 0.6) is 11.5 Å². The second-order valence-corrected chi connectivity index (χ2v) is 7.34. The van der Waals surface area contributed by atoms with E-state index in [2.05, 4.69) is 18.7 Å². The van der Waals surface area contributed by atoms with E-state index < -0.39 is 0 Å². The minimum absolute atomic E-state index is 0.0720. The molecule has 1 aromatic rings. The fourth-order valence-corrected chi connectivity index (χ4v) is 4.16. The molecule has 26 heavy (non-hydrogen) atoms. The third-order valence-electron chi connectivity index (χ3n) is 5.23. The van der Waals surface area contributed by atoms with Gasteiger partial charge in [0, 0.05) is 37.8 Å². The monoisotopic (exact) mass is 362 g/mol. The Kier molecular flexibility index (Phi) is 6.04. The van der Waals surface area contributed by atoms with Crippen molar-refractivity contribution in [2.24, 2.45) is 0 Å². The molecule has 0 bridgehead atoms. The lowest BCUT2D eigenvalue weighted by molar-refractivity contribution is -0.0715. The average molecular weight is 362 g/mol. The Bertz CT molecular complexity index is 626.